The van der Waals surface area contributed by atoms with Crippen LogP contribution in [0, 0.1) is 0 Å². The normalized spacial score (nSPS) is 15.9. The van der Waals surface area contributed by atoms with Gasteiger partial charge in [-0.25, -0.2) is 4.98 Å². The number of hydrogen-bond donors (Lipinski definition) is 1. The Labute approximate surface area is 103 Å². The van der Waals surface area contributed by atoms with Crippen LogP contribution in [-0.2, 0) is 6.18 Å². The largest absolute Gasteiger partial charge is 0.481 e. The number of allylic oxidation sites excluding steroid dienone is 1. The topological polar surface area (TPSA) is 34.1 Å². The fourth-order valence-corrected chi connectivity index (χ4v) is 1.82. The average molecular weight is 258 g/mol. The molecule has 0 saturated heterocycles. The first-order valence-corrected chi connectivity index (χ1v) is 5.57. The number of hydrogen-bond acceptors (Lipinski definition) is 3. The molecule has 2 rings (SSSR count). The Bertz CT molecular complexity index is 469. The summed E-state index contributed by atoms with van der Waals surface area (Å²) in [5.41, 5.74) is 0.414. The molecule has 0 amide bonds. The van der Waals surface area contributed by atoms with Gasteiger partial charge in [-0.15, -0.1) is 0 Å². The van der Waals surface area contributed by atoms with E-state index in [4.69, 9.17) is 4.74 Å². The minimum absolute atomic E-state index is 0.0219. The second kappa shape index (κ2) is 4.88. The number of alkyl halides is 3. The molecule has 0 atom stereocenters. The predicted octanol–water partition coefficient (Wildman–Crippen LogP) is 2.83. The number of pyridine rings is 1. The van der Waals surface area contributed by atoms with Gasteiger partial charge in [0.05, 0.1) is 7.11 Å². The lowest BCUT2D eigenvalue weighted by molar-refractivity contribution is -0.141. The average Bonchev–Trinajstić information content (AvgIpc) is 2.38. The lowest BCUT2D eigenvalue weighted by atomic mass is 10.00. The first kappa shape index (κ1) is 12.7. The van der Waals surface area contributed by atoms with Crippen LogP contribution in [-0.4, -0.2) is 18.6 Å². The van der Waals surface area contributed by atoms with Crippen molar-refractivity contribution in [3.63, 3.8) is 0 Å². The van der Waals surface area contributed by atoms with Crippen molar-refractivity contribution in [2.24, 2.45) is 0 Å². The van der Waals surface area contributed by atoms with Crippen molar-refractivity contribution < 1.29 is 17.9 Å². The van der Waals surface area contributed by atoms with Gasteiger partial charge in [0, 0.05) is 18.8 Å². The molecule has 1 aliphatic heterocycles. The van der Waals surface area contributed by atoms with Gasteiger partial charge >= 0.3 is 6.18 Å². The molecule has 0 saturated carbocycles. The summed E-state index contributed by atoms with van der Waals surface area (Å²) in [5, 5.41) is 3.02. The molecular formula is C12H13F3N2O. The lowest BCUT2D eigenvalue weighted by Gasteiger charge is -2.16. The van der Waals surface area contributed by atoms with Crippen molar-refractivity contribution >= 4 is 5.57 Å². The number of halogens is 3. The number of methoxy groups -OCH3 is 1. The Hall–Kier alpha value is -1.72. The molecule has 1 aromatic heterocycles. The van der Waals surface area contributed by atoms with Crippen LogP contribution in [0.1, 0.15) is 24.1 Å². The van der Waals surface area contributed by atoms with Gasteiger partial charge in [0.15, 0.2) is 0 Å². The summed E-state index contributed by atoms with van der Waals surface area (Å²) in [6.45, 7) is 0.845. The molecule has 1 N–H and O–H groups in total. The summed E-state index contributed by atoms with van der Waals surface area (Å²) < 4.78 is 42.9. The van der Waals surface area contributed by atoms with Crippen molar-refractivity contribution in [2.45, 2.75) is 19.0 Å². The summed E-state index contributed by atoms with van der Waals surface area (Å²) >= 11 is 0. The van der Waals surface area contributed by atoms with Crippen molar-refractivity contribution in [3.8, 4) is 5.88 Å². The minimum atomic E-state index is -4.47. The standard InChI is InChI=1S/C12H13F3N2O/c1-18-11-6-9(8-3-2-4-16-7-8)5-10(17-11)12(13,14)15/h5-7,16H,2-4H2,1H3. The van der Waals surface area contributed by atoms with Gasteiger partial charge in [0.25, 0.3) is 0 Å². The third-order valence-electron chi connectivity index (χ3n) is 2.72. The summed E-state index contributed by atoms with van der Waals surface area (Å²) in [6, 6.07) is 2.58. The Morgan fingerprint density at radius 1 is 1.33 bits per heavy atom. The predicted molar refractivity (Wildman–Crippen MR) is 61.0 cm³/mol. The zero-order valence-corrected chi connectivity index (χ0v) is 9.84. The van der Waals surface area contributed by atoms with Crippen molar-refractivity contribution in [2.75, 3.05) is 13.7 Å². The van der Waals surface area contributed by atoms with E-state index in [-0.39, 0.29) is 5.88 Å². The van der Waals surface area contributed by atoms with E-state index in [2.05, 4.69) is 10.3 Å². The summed E-state index contributed by atoms with van der Waals surface area (Å²) in [5.74, 6) is -0.0219. The van der Waals surface area contributed by atoms with Crippen molar-refractivity contribution in [1.82, 2.24) is 10.3 Å². The highest BCUT2D eigenvalue weighted by molar-refractivity contribution is 5.67. The van der Waals surface area contributed by atoms with E-state index in [1.54, 1.807) is 6.20 Å². The molecule has 2 heterocycles. The van der Waals surface area contributed by atoms with Crippen LogP contribution < -0.4 is 10.1 Å². The molecule has 18 heavy (non-hydrogen) atoms. The third kappa shape index (κ3) is 2.75. The van der Waals surface area contributed by atoms with Crippen LogP contribution in [0.25, 0.3) is 5.57 Å². The van der Waals surface area contributed by atoms with Crippen LogP contribution in [0.4, 0.5) is 13.2 Å². The molecule has 1 aromatic rings. The molecule has 0 fully saturated rings. The van der Waals surface area contributed by atoms with Gasteiger partial charge < -0.3 is 10.1 Å². The van der Waals surface area contributed by atoms with Gasteiger partial charge in [-0.05, 0) is 30.0 Å². The van der Waals surface area contributed by atoms with Crippen LogP contribution in [0.2, 0.25) is 0 Å². The molecule has 0 bridgehead atoms. The highest BCUT2D eigenvalue weighted by atomic mass is 19.4. The Morgan fingerprint density at radius 3 is 2.67 bits per heavy atom. The highest BCUT2D eigenvalue weighted by Crippen LogP contribution is 2.32. The Balaban J connectivity index is 2.44. The summed E-state index contributed by atoms with van der Waals surface area (Å²) in [7, 11) is 1.31. The number of aromatic nitrogens is 1. The van der Waals surface area contributed by atoms with Crippen molar-refractivity contribution in [3.05, 3.63) is 29.6 Å². The van der Waals surface area contributed by atoms with E-state index in [0.29, 0.717) is 5.56 Å². The molecule has 0 aliphatic carbocycles. The zero-order valence-electron chi connectivity index (χ0n) is 9.84. The third-order valence-corrected chi connectivity index (χ3v) is 2.72. The van der Waals surface area contributed by atoms with Gasteiger partial charge in [-0.1, -0.05) is 0 Å². The second-order valence-corrected chi connectivity index (χ2v) is 4.01. The molecule has 6 heteroatoms. The van der Waals surface area contributed by atoms with E-state index >= 15 is 0 Å². The molecule has 0 aromatic carbocycles. The van der Waals surface area contributed by atoms with Gasteiger partial charge in [0.1, 0.15) is 5.69 Å². The fourth-order valence-electron chi connectivity index (χ4n) is 1.82. The summed E-state index contributed by atoms with van der Waals surface area (Å²) in [6.07, 6.45) is -1.07. The van der Waals surface area contributed by atoms with Gasteiger partial charge in [0.2, 0.25) is 5.88 Å². The number of ether oxygens (including phenoxy) is 1. The van der Waals surface area contributed by atoms with Crippen LogP contribution in [0.5, 0.6) is 5.88 Å². The van der Waals surface area contributed by atoms with E-state index in [9.17, 15) is 13.2 Å². The van der Waals surface area contributed by atoms with Gasteiger partial charge in [-0.2, -0.15) is 13.2 Å². The molecule has 0 unspecified atom stereocenters. The maximum absolute atomic E-state index is 12.7. The Kier molecular flexibility index (Phi) is 3.45. The first-order valence-electron chi connectivity index (χ1n) is 5.57. The van der Waals surface area contributed by atoms with Crippen LogP contribution in [0.15, 0.2) is 18.3 Å². The first-order chi connectivity index (χ1) is 8.50. The SMILES string of the molecule is COc1cc(C2=CNCCC2)cc(C(F)(F)F)n1. The summed E-state index contributed by atoms with van der Waals surface area (Å²) in [4.78, 5) is 3.42. The Morgan fingerprint density at radius 2 is 2.11 bits per heavy atom. The minimum Gasteiger partial charge on any atom is -0.481 e. The van der Waals surface area contributed by atoms with Crippen LogP contribution in [0.3, 0.4) is 0 Å². The number of rotatable bonds is 2. The maximum Gasteiger partial charge on any atom is 0.433 e. The van der Waals surface area contributed by atoms with Gasteiger partial charge in [-0.3, -0.25) is 0 Å². The second-order valence-electron chi connectivity index (χ2n) is 4.01. The quantitative estimate of drug-likeness (QED) is 0.885. The maximum atomic E-state index is 12.7. The number of nitrogens with zero attached hydrogens (tertiary/aromatic N) is 1. The van der Waals surface area contributed by atoms with E-state index in [1.807, 2.05) is 0 Å². The van der Waals surface area contributed by atoms with E-state index in [0.717, 1.165) is 31.0 Å². The number of nitrogens with one attached hydrogen (secondary N) is 1. The molecule has 3 nitrogen and oxygen atoms in total. The monoisotopic (exact) mass is 258 g/mol. The highest BCUT2D eigenvalue weighted by Gasteiger charge is 2.33. The fraction of sp³-hybridized carbons (Fsp3) is 0.417. The molecule has 0 radical (unpaired) electrons. The van der Waals surface area contributed by atoms with E-state index in [1.165, 1.54) is 13.2 Å². The molecule has 1 aliphatic rings. The van der Waals surface area contributed by atoms with E-state index < -0.39 is 11.9 Å². The lowest BCUT2D eigenvalue weighted by Crippen LogP contribution is -2.14. The van der Waals surface area contributed by atoms with Crippen molar-refractivity contribution in [1.29, 1.82) is 0 Å². The van der Waals surface area contributed by atoms with Crippen LogP contribution >= 0.6 is 0 Å². The molecule has 98 valence electrons. The molecular weight excluding hydrogens is 245 g/mol. The smallest absolute Gasteiger partial charge is 0.433 e. The molecule has 0 spiro atoms. The zero-order chi connectivity index (χ0) is 13.2.